The van der Waals surface area contributed by atoms with Gasteiger partial charge < -0.3 is 9.84 Å². The molecule has 0 spiro atoms. The maximum absolute atomic E-state index is 11.7. The monoisotopic (exact) mass is 343 g/mol. The zero-order chi connectivity index (χ0) is 18.4. The highest BCUT2D eigenvalue weighted by Gasteiger charge is 2.22. The number of hydrogen-bond acceptors (Lipinski definition) is 4. The van der Waals surface area contributed by atoms with E-state index in [0.29, 0.717) is 17.7 Å². The Kier molecular flexibility index (Phi) is 6.11. The number of aliphatic carboxylic acids is 1. The van der Waals surface area contributed by atoms with E-state index in [2.05, 4.69) is 0 Å². The van der Waals surface area contributed by atoms with Crippen molar-refractivity contribution in [3.8, 4) is 5.75 Å². The van der Waals surface area contributed by atoms with Crippen molar-refractivity contribution in [2.45, 2.75) is 32.6 Å². The van der Waals surface area contributed by atoms with Crippen molar-refractivity contribution in [2.24, 2.45) is 0 Å². The van der Waals surface area contributed by atoms with Crippen molar-refractivity contribution < 1.29 is 19.6 Å². The van der Waals surface area contributed by atoms with Crippen LogP contribution in [0.2, 0.25) is 0 Å². The van der Waals surface area contributed by atoms with Crippen LogP contribution in [0.5, 0.6) is 5.75 Å². The number of carboxylic acid groups (broad SMARTS) is 1. The van der Waals surface area contributed by atoms with Crippen molar-refractivity contribution >= 4 is 11.7 Å². The maximum Gasteiger partial charge on any atom is 0.311 e. The van der Waals surface area contributed by atoms with Crippen LogP contribution in [-0.2, 0) is 11.2 Å². The van der Waals surface area contributed by atoms with E-state index in [1.165, 1.54) is 12.1 Å². The van der Waals surface area contributed by atoms with E-state index in [0.717, 1.165) is 17.7 Å². The van der Waals surface area contributed by atoms with Crippen LogP contribution >= 0.6 is 0 Å². The number of nitro benzene ring substituents is 1. The van der Waals surface area contributed by atoms with Crippen LogP contribution in [0.25, 0.3) is 0 Å². The smallest absolute Gasteiger partial charge is 0.311 e. The second kappa shape index (κ2) is 8.28. The largest absolute Gasteiger partial charge is 0.493 e. The first kappa shape index (κ1) is 18.4. The third-order valence-electron chi connectivity index (χ3n) is 3.92. The van der Waals surface area contributed by atoms with Gasteiger partial charge in [-0.1, -0.05) is 31.2 Å². The lowest BCUT2D eigenvalue weighted by molar-refractivity contribution is -0.384. The number of rotatable bonds is 8. The van der Waals surface area contributed by atoms with Crippen LogP contribution in [0.1, 0.15) is 36.0 Å². The second-order valence-corrected chi connectivity index (χ2v) is 5.90. The number of hydrogen-bond donors (Lipinski definition) is 1. The lowest BCUT2D eigenvalue weighted by Crippen LogP contribution is -2.15. The molecule has 0 fully saturated rings. The van der Waals surface area contributed by atoms with Crippen LogP contribution in [0.15, 0.2) is 42.5 Å². The molecule has 1 N–H and O–H groups in total. The van der Waals surface area contributed by atoms with E-state index >= 15 is 0 Å². The third-order valence-corrected chi connectivity index (χ3v) is 3.92. The molecule has 2 aromatic carbocycles. The zero-order valence-electron chi connectivity index (χ0n) is 14.3. The van der Waals surface area contributed by atoms with Gasteiger partial charge >= 0.3 is 5.97 Å². The van der Waals surface area contributed by atoms with E-state index in [4.69, 9.17) is 4.74 Å². The highest BCUT2D eigenvalue weighted by Crippen LogP contribution is 2.28. The van der Waals surface area contributed by atoms with Gasteiger partial charge in [0.25, 0.3) is 5.69 Å². The molecule has 0 aliphatic rings. The van der Waals surface area contributed by atoms with Crippen molar-refractivity contribution in [3.63, 3.8) is 0 Å². The average Bonchev–Trinajstić information content (AvgIpc) is 2.58. The highest BCUT2D eigenvalue weighted by molar-refractivity contribution is 5.76. The molecule has 0 bridgehead atoms. The number of aryl methyl sites for hydroxylation is 1. The van der Waals surface area contributed by atoms with Gasteiger partial charge in [-0.2, -0.15) is 0 Å². The topological polar surface area (TPSA) is 89.7 Å². The fourth-order valence-electron chi connectivity index (χ4n) is 2.64. The molecule has 0 saturated carbocycles. The summed E-state index contributed by atoms with van der Waals surface area (Å²) in [6.07, 6.45) is 1.08. The number of carboxylic acids is 1. The van der Waals surface area contributed by atoms with Gasteiger partial charge in [0.15, 0.2) is 0 Å². The Morgan fingerprint density at radius 3 is 2.64 bits per heavy atom. The molecule has 6 heteroatoms. The van der Waals surface area contributed by atoms with Gasteiger partial charge in [0.2, 0.25) is 0 Å². The SMILES string of the molecule is CCCOc1ccc(C(Cc2cccc([N+](=O)[O-])c2)C(=O)O)cc1C. The first-order valence-electron chi connectivity index (χ1n) is 8.11. The van der Waals surface area contributed by atoms with Crippen LogP contribution in [0, 0.1) is 17.0 Å². The summed E-state index contributed by atoms with van der Waals surface area (Å²) in [6.45, 7) is 4.50. The summed E-state index contributed by atoms with van der Waals surface area (Å²) in [5.41, 5.74) is 2.10. The Labute approximate surface area is 146 Å². The molecule has 1 atom stereocenters. The number of non-ortho nitro benzene ring substituents is 1. The molecule has 25 heavy (non-hydrogen) atoms. The van der Waals surface area contributed by atoms with Crippen molar-refractivity contribution in [3.05, 3.63) is 69.3 Å². The average molecular weight is 343 g/mol. The lowest BCUT2D eigenvalue weighted by atomic mass is 9.91. The summed E-state index contributed by atoms with van der Waals surface area (Å²) >= 11 is 0. The molecular formula is C19H21NO5. The molecule has 0 heterocycles. The molecule has 0 amide bonds. The van der Waals surface area contributed by atoms with Crippen molar-refractivity contribution in [1.82, 2.24) is 0 Å². The Hall–Kier alpha value is -2.89. The van der Waals surface area contributed by atoms with Crippen molar-refractivity contribution in [2.75, 3.05) is 6.61 Å². The number of nitrogens with zero attached hydrogens (tertiary/aromatic N) is 1. The van der Waals surface area contributed by atoms with Gasteiger partial charge in [-0.3, -0.25) is 14.9 Å². The van der Waals surface area contributed by atoms with Crippen LogP contribution in [0.3, 0.4) is 0 Å². The van der Waals surface area contributed by atoms with E-state index in [1.807, 2.05) is 13.8 Å². The number of nitro groups is 1. The normalized spacial score (nSPS) is 11.8. The Morgan fingerprint density at radius 2 is 2.04 bits per heavy atom. The predicted molar refractivity (Wildman–Crippen MR) is 94.1 cm³/mol. The molecule has 0 saturated heterocycles. The summed E-state index contributed by atoms with van der Waals surface area (Å²) in [6, 6.07) is 11.4. The van der Waals surface area contributed by atoms with Gasteiger partial charge in [-0.05, 0) is 42.5 Å². The molecule has 2 rings (SSSR count). The van der Waals surface area contributed by atoms with Gasteiger partial charge in [-0.15, -0.1) is 0 Å². The summed E-state index contributed by atoms with van der Waals surface area (Å²) < 4.78 is 5.62. The molecule has 0 aromatic heterocycles. The second-order valence-electron chi connectivity index (χ2n) is 5.90. The third kappa shape index (κ3) is 4.79. The maximum atomic E-state index is 11.7. The predicted octanol–water partition coefficient (Wildman–Crippen LogP) is 4.10. The van der Waals surface area contributed by atoms with Crippen molar-refractivity contribution in [1.29, 1.82) is 0 Å². The first-order chi connectivity index (χ1) is 11.9. The van der Waals surface area contributed by atoms with Gasteiger partial charge in [0.05, 0.1) is 17.4 Å². The zero-order valence-corrected chi connectivity index (χ0v) is 14.3. The molecule has 6 nitrogen and oxygen atoms in total. The van der Waals surface area contributed by atoms with E-state index < -0.39 is 16.8 Å². The molecule has 132 valence electrons. The first-order valence-corrected chi connectivity index (χ1v) is 8.11. The number of ether oxygens (including phenoxy) is 1. The van der Waals surface area contributed by atoms with Gasteiger partial charge in [0, 0.05) is 12.1 Å². The van der Waals surface area contributed by atoms with E-state index in [1.54, 1.807) is 30.3 Å². The quantitative estimate of drug-likeness (QED) is 0.575. The molecule has 2 aromatic rings. The van der Waals surface area contributed by atoms with E-state index in [-0.39, 0.29) is 12.1 Å². The Balaban J connectivity index is 2.26. The molecular weight excluding hydrogens is 322 g/mol. The minimum atomic E-state index is -0.965. The minimum Gasteiger partial charge on any atom is -0.493 e. The summed E-state index contributed by atoms with van der Waals surface area (Å²) in [7, 11) is 0. The fourth-order valence-corrected chi connectivity index (χ4v) is 2.64. The van der Waals surface area contributed by atoms with E-state index in [9.17, 15) is 20.0 Å². The summed E-state index contributed by atoms with van der Waals surface area (Å²) in [5.74, 6) is -1.00. The standard InChI is InChI=1S/C19H21NO5/c1-3-9-25-18-8-7-15(10-13(18)2)17(19(21)22)12-14-5-4-6-16(11-14)20(23)24/h4-8,10-11,17H,3,9,12H2,1-2H3,(H,21,22). The molecule has 0 radical (unpaired) electrons. The van der Waals surface area contributed by atoms with Crippen LogP contribution in [0.4, 0.5) is 5.69 Å². The van der Waals surface area contributed by atoms with Gasteiger partial charge in [-0.25, -0.2) is 0 Å². The summed E-state index contributed by atoms with van der Waals surface area (Å²) in [5, 5.41) is 20.5. The fraction of sp³-hybridized carbons (Fsp3) is 0.316. The Morgan fingerprint density at radius 1 is 1.28 bits per heavy atom. The molecule has 1 unspecified atom stereocenters. The summed E-state index contributed by atoms with van der Waals surface area (Å²) in [4.78, 5) is 22.1. The molecule has 0 aliphatic carbocycles. The lowest BCUT2D eigenvalue weighted by Gasteiger charge is -2.15. The molecule has 0 aliphatic heterocycles. The Bertz CT molecular complexity index is 772. The van der Waals surface area contributed by atoms with Gasteiger partial charge in [0.1, 0.15) is 5.75 Å². The number of carbonyl (C=O) groups is 1. The minimum absolute atomic E-state index is 0.0406. The van der Waals surface area contributed by atoms with Crippen LogP contribution in [-0.4, -0.2) is 22.6 Å². The van der Waals surface area contributed by atoms with Crippen LogP contribution < -0.4 is 4.74 Å². The number of benzene rings is 2. The highest BCUT2D eigenvalue weighted by atomic mass is 16.6.